The van der Waals surface area contributed by atoms with Crippen LogP contribution in [-0.2, 0) is 19.1 Å². The van der Waals surface area contributed by atoms with Crippen LogP contribution in [0.3, 0.4) is 0 Å². The molecule has 342 valence electrons. The van der Waals surface area contributed by atoms with Crippen molar-refractivity contribution in [1.29, 1.82) is 0 Å². The quantitative estimate of drug-likeness (QED) is 0.0770. The number of fused-ring (bicyclic) bond motifs is 2. The number of hydrogen-bond acceptors (Lipinski definition) is 12. The standard InChI is InChI=1S/C25H29FN2O4S.C19H25BrN2O4S.2CH4.H2/c1-5-28(6-2)14-15-32-22-19(17-8-10-18(26)11-9-17)12-13-20-21(25(30)31-7-3)24(27-16(4)29)33-23(20)22;1-5-22(6-2)10-11-26-16-14(20)9-8-13-15(19(24)25-7-3)18(21-12(4)23)27-17(13)16;;;/h8-13H,5-7,14-15H2,1-4H3,(H,27,29);8-9H,5-7,10-11H2,1-4H3,(H,21,23);2*1H4;1H/i;;;;1+2D. The van der Waals surface area contributed by atoms with Gasteiger partial charge in [-0.2, -0.15) is 0 Å². The fourth-order valence-corrected chi connectivity index (χ4v) is 9.37. The first-order valence-electron chi connectivity index (χ1n) is 21.0. The Bertz CT molecular complexity index is 2270. The van der Waals surface area contributed by atoms with Crippen LogP contribution in [0, 0.1) is 5.82 Å². The number of carbonyl (C=O) groups excluding carboxylic acids is 4. The average Bonchev–Trinajstić information content (AvgIpc) is 3.80. The number of nitrogens with zero attached hydrogens (tertiary/aromatic N) is 2. The van der Waals surface area contributed by atoms with E-state index in [4.69, 9.17) is 21.9 Å². The van der Waals surface area contributed by atoms with Crippen LogP contribution < -0.4 is 20.1 Å². The monoisotopic (exact) mass is 965 g/mol. The minimum atomic E-state index is -0.504. The predicted octanol–water partition coefficient (Wildman–Crippen LogP) is 11.6. The summed E-state index contributed by atoms with van der Waals surface area (Å²) in [6.45, 7) is 21.5. The number of thiophene rings is 2. The van der Waals surface area contributed by atoms with Gasteiger partial charge in [-0.05, 0) is 85.8 Å². The highest BCUT2D eigenvalue weighted by Gasteiger charge is 2.26. The van der Waals surface area contributed by atoms with Crippen molar-refractivity contribution in [2.75, 3.05) is 76.3 Å². The van der Waals surface area contributed by atoms with Gasteiger partial charge in [0.2, 0.25) is 11.8 Å². The number of amides is 2. The van der Waals surface area contributed by atoms with Gasteiger partial charge < -0.3 is 39.4 Å². The molecule has 0 bridgehead atoms. The molecule has 0 aliphatic carbocycles. The lowest BCUT2D eigenvalue weighted by molar-refractivity contribution is -0.115. The summed E-state index contributed by atoms with van der Waals surface area (Å²) in [4.78, 5) is 53.1. The van der Waals surface area contributed by atoms with Crippen LogP contribution in [-0.4, -0.2) is 99.2 Å². The Morgan fingerprint density at radius 3 is 1.52 bits per heavy atom. The van der Waals surface area contributed by atoms with E-state index >= 15 is 0 Å². The van der Waals surface area contributed by atoms with E-state index in [0.29, 0.717) is 56.6 Å². The molecule has 12 nitrogen and oxygen atoms in total. The molecule has 0 saturated heterocycles. The van der Waals surface area contributed by atoms with Crippen molar-refractivity contribution in [3.8, 4) is 22.6 Å². The minimum absolute atomic E-state index is 0. The molecule has 0 atom stereocenters. The fourth-order valence-electron chi connectivity index (χ4n) is 6.32. The number of nitrogens with one attached hydrogen (secondary N) is 2. The molecule has 0 aliphatic rings. The van der Waals surface area contributed by atoms with E-state index in [1.807, 2.05) is 24.3 Å². The molecule has 5 aromatic rings. The molecule has 0 saturated carbocycles. The molecule has 2 N–H and O–H groups in total. The summed E-state index contributed by atoms with van der Waals surface area (Å²) in [6.07, 6.45) is 0. The summed E-state index contributed by atoms with van der Waals surface area (Å²) in [5.41, 5.74) is 2.26. The van der Waals surface area contributed by atoms with Gasteiger partial charge in [0.15, 0.2) is 5.75 Å². The molecule has 62 heavy (non-hydrogen) atoms. The largest absolute Gasteiger partial charge is 0.490 e. The van der Waals surface area contributed by atoms with Crippen LogP contribution in [0.1, 0.15) is 93.9 Å². The van der Waals surface area contributed by atoms with Crippen LogP contribution in [0.2, 0.25) is 0 Å². The van der Waals surface area contributed by atoms with Crippen molar-refractivity contribution >= 4 is 92.5 Å². The molecule has 2 aromatic heterocycles. The van der Waals surface area contributed by atoms with Crippen molar-refractivity contribution in [3.05, 3.63) is 69.9 Å². The van der Waals surface area contributed by atoms with E-state index in [2.05, 4.69) is 64.1 Å². The second-order valence-corrected chi connectivity index (χ2v) is 16.1. The summed E-state index contributed by atoms with van der Waals surface area (Å²) >= 11 is 6.12. The third kappa shape index (κ3) is 13.7. The van der Waals surface area contributed by atoms with Gasteiger partial charge in [0.05, 0.1) is 27.1 Å². The molecule has 5 rings (SSSR count). The van der Waals surface area contributed by atoms with Gasteiger partial charge in [0.1, 0.15) is 45.9 Å². The Hall–Kier alpha value is -4.61. The van der Waals surface area contributed by atoms with Crippen molar-refractivity contribution < 1.29 is 45.5 Å². The Kier molecular flexibility index (Phi) is 21.8. The van der Waals surface area contributed by atoms with E-state index < -0.39 is 11.9 Å². The van der Waals surface area contributed by atoms with Gasteiger partial charge in [0.25, 0.3) is 0 Å². The predicted molar refractivity (Wildman–Crippen MR) is 259 cm³/mol. The molecule has 0 spiro atoms. The SMILES string of the molecule is C.C.CCOC(=O)c1c(NC(C)=O)sc2c(OCCN(CC)CC)c(-c3ccc(F)cc3)ccc12.CCOC(=O)c1c(NC(C)=O)sc2c(OCCN(CC)CC)c(Br)ccc12.[2H][3H]. The minimum Gasteiger partial charge on any atom is -0.490 e. The molecule has 0 unspecified atom stereocenters. The third-order valence-electron chi connectivity index (χ3n) is 9.37. The number of hydrogen-bond donors (Lipinski definition) is 2. The van der Waals surface area contributed by atoms with Crippen molar-refractivity contribution in [1.82, 2.24) is 9.80 Å². The van der Waals surface area contributed by atoms with Crippen LogP contribution in [0.5, 0.6) is 11.5 Å². The second kappa shape index (κ2) is 26.1. The smallest absolute Gasteiger partial charge is 0.341 e. The normalized spacial score (nSPS) is 10.8. The lowest BCUT2D eigenvalue weighted by atomic mass is 10.0. The first-order valence-corrected chi connectivity index (χ1v) is 22.4. The summed E-state index contributed by atoms with van der Waals surface area (Å²) in [6, 6.07) is 13.6. The van der Waals surface area contributed by atoms with Crippen LogP contribution in [0.4, 0.5) is 14.4 Å². The molecule has 0 fully saturated rings. The maximum Gasteiger partial charge on any atom is 0.341 e. The van der Waals surface area contributed by atoms with E-state index in [9.17, 15) is 23.6 Å². The van der Waals surface area contributed by atoms with E-state index in [0.717, 1.165) is 64.3 Å². The van der Waals surface area contributed by atoms with Crippen LogP contribution >= 0.6 is 38.6 Å². The Morgan fingerprint density at radius 1 is 0.677 bits per heavy atom. The summed E-state index contributed by atoms with van der Waals surface area (Å²) < 4.78 is 48.7. The zero-order valence-corrected chi connectivity index (χ0v) is 38.6. The highest BCUT2D eigenvalue weighted by Crippen LogP contribution is 2.47. The Morgan fingerprint density at radius 2 is 1.10 bits per heavy atom. The number of carbonyl (C=O) groups is 4. The number of halogens is 2. The molecule has 2 amide bonds. The number of rotatable bonds is 19. The van der Waals surface area contributed by atoms with Gasteiger partial charge >= 0.3 is 11.9 Å². The lowest BCUT2D eigenvalue weighted by Crippen LogP contribution is -2.28. The zero-order chi connectivity index (χ0) is 45.9. The first kappa shape index (κ1) is 51.7. The van der Waals surface area contributed by atoms with Gasteiger partial charge in [-0.1, -0.05) is 66.8 Å². The fraction of sp³-hybridized carbons (Fsp3) is 0.435. The number of benzene rings is 3. The maximum atomic E-state index is 13.5. The summed E-state index contributed by atoms with van der Waals surface area (Å²) in [5, 5.41) is 7.74. The van der Waals surface area contributed by atoms with E-state index in [-0.39, 0.29) is 45.7 Å². The van der Waals surface area contributed by atoms with Crippen molar-refractivity contribution in [2.45, 2.75) is 70.2 Å². The zero-order valence-electron chi connectivity index (χ0n) is 37.4. The third-order valence-corrected chi connectivity index (χ3v) is 12.2. The highest BCUT2D eigenvalue weighted by atomic mass is 79.9. The van der Waals surface area contributed by atoms with E-state index in [1.54, 1.807) is 26.0 Å². The second-order valence-electron chi connectivity index (χ2n) is 13.2. The number of anilines is 2. The number of esters is 2. The number of likely N-dealkylation sites (N-methyl/N-ethyl adjacent to an activating group) is 2. The van der Waals surface area contributed by atoms with Crippen LogP contribution in [0.15, 0.2) is 53.0 Å². The highest BCUT2D eigenvalue weighted by molar-refractivity contribution is 9.10. The van der Waals surface area contributed by atoms with Gasteiger partial charge in [-0.25, -0.2) is 14.0 Å². The molecular weight excluding hydrogens is 900 g/mol. The maximum absolute atomic E-state index is 13.5. The lowest BCUT2D eigenvalue weighted by Gasteiger charge is -2.19. The summed E-state index contributed by atoms with van der Waals surface area (Å²) in [7, 11) is 0. The average molecular weight is 967 g/mol. The Labute approximate surface area is 385 Å². The van der Waals surface area contributed by atoms with Crippen molar-refractivity contribution in [2.24, 2.45) is 0 Å². The number of ether oxygens (including phenoxy) is 4. The molecule has 3 aromatic carbocycles. The molecule has 2 heterocycles. The Balaban J connectivity index is 0.000000609. The van der Waals surface area contributed by atoms with E-state index in [1.165, 1.54) is 48.7 Å². The molecular formula is C46H64BrFN4O8S2. The topological polar surface area (TPSA) is 136 Å². The van der Waals surface area contributed by atoms with Crippen molar-refractivity contribution in [3.63, 3.8) is 0 Å². The molecule has 0 aliphatic heterocycles. The van der Waals surface area contributed by atoms with Gasteiger partial charge in [-0.15, -0.1) is 22.7 Å². The van der Waals surface area contributed by atoms with Crippen LogP contribution in [0.25, 0.3) is 31.3 Å². The first-order chi connectivity index (χ1) is 29.8. The van der Waals surface area contributed by atoms with Gasteiger partial charge in [-0.3, -0.25) is 9.59 Å². The van der Waals surface area contributed by atoms with Gasteiger partial charge in [0, 0.05) is 46.2 Å². The molecule has 16 heteroatoms. The molecule has 0 radical (unpaired) electrons. The summed E-state index contributed by atoms with van der Waals surface area (Å²) in [5.74, 6) is -0.534.